The molecule has 1 N–H and O–H groups in total. The van der Waals surface area contributed by atoms with Crippen LogP contribution in [0.5, 0.6) is 5.75 Å². The van der Waals surface area contributed by atoms with Gasteiger partial charge >= 0.3 is 0 Å². The Morgan fingerprint density at radius 1 is 0.636 bits per heavy atom. The maximum Gasteiger partial charge on any atom is 0.119 e. The van der Waals surface area contributed by atoms with Gasteiger partial charge in [-0.1, -0.05) is 60.7 Å². The van der Waals surface area contributed by atoms with E-state index in [-0.39, 0.29) is 0 Å². The predicted molar refractivity (Wildman–Crippen MR) is 91.0 cm³/mol. The molecule has 0 heterocycles. The van der Waals surface area contributed by atoms with E-state index in [9.17, 15) is 0 Å². The summed E-state index contributed by atoms with van der Waals surface area (Å²) in [5.41, 5.74) is 3.54. The smallest absolute Gasteiger partial charge is 0.119 e. The van der Waals surface area contributed by atoms with Gasteiger partial charge in [0.2, 0.25) is 0 Å². The molecule has 2 heteroatoms. The lowest BCUT2D eigenvalue weighted by atomic mass is 10.2. The quantitative estimate of drug-likeness (QED) is 0.698. The molecule has 0 bridgehead atoms. The maximum atomic E-state index is 5.79. The zero-order chi connectivity index (χ0) is 15.0. The highest BCUT2D eigenvalue weighted by molar-refractivity contribution is 5.43. The molecule has 0 aliphatic rings. The zero-order valence-electron chi connectivity index (χ0n) is 12.4. The normalized spacial score (nSPS) is 10.2. The van der Waals surface area contributed by atoms with Crippen LogP contribution in [0.2, 0.25) is 0 Å². The Kier molecular flexibility index (Phi) is 4.73. The largest absolute Gasteiger partial charge is 0.489 e. The Balaban J connectivity index is 1.52. The number of benzene rings is 3. The van der Waals surface area contributed by atoms with Crippen molar-refractivity contribution in [1.29, 1.82) is 0 Å². The molecule has 22 heavy (non-hydrogen) atoms. The first-order valence-corrected chi connectivity index (χ1v) is 7.45. The molecule has 3 rings (SSSR count). The van der Waals surface area contributed by atoms with Gasteiger partial charge in [-0.3, -0.25) is 0 Å². The summed E-state index contributed by atoms with van der Waals surface area (Å²) in [5, 5.41) is 3.40. The van der Waals surface area contributed by atoms with Crippen molar-refractivity contribution in [3.63, 3.8) is 0 Å². The van der Waals surface area contributed by atoms with Gasteiger partial charge in [0.15, 0.2) is 0 Å². The molecule has 0 aliphatic heterocycles. The second-order valence-electron chi connectivity index (χ2n) is 5.14. The van der Waals surface area contributed by atoms with E-state index in [2.05, 4.69) is 41.7 Å². The average molecular weight is 289 g/mol. The standard InChI is InChI=1S/C20H19NO/c1-3-7-18(8-4-1)16-22-20-13-11-17(12-14-20)15-21-19-9-5-2-6-10-19/h1-14,21H,15-16H2. The highest BCUT2D eigenvalue weighted by Gasteiger charge is 1.97. The summed E-state index contributed by atoms with van der Waals surface area (Å²) >= 11 is 0. The molecule has 0 aromatic heterocycles. The Morgan fingerprint density at radius 2 is 1.27 bits per heavy atom. The number of para-hydroxylation sites is 1. The van der Waals surface area contributed by atoms with E-state index in [0.717, 1.165) is 18.0 Å². The lowest BCUT2D eigenvalue weighted by molar-refractivity contribution is 0.306. The van der Waals surface area contributed by atoms with E-state index in [4.69, 9.17) is 4.74 Å². The highest BCUT2D eigenvalue weighted by Crippen LogP contribution is 2.15. The average Bonchev–Trinajstić information content (AvgIpc) is 2.61. The summed E-state index contributed by atoms with van der Waals surface area (Å²) in [5.74, 6) is 0.896. The van der Waals surface area contributed by atoms with Crippen LogP contribution in [0.4, 0.5) is 5.69 Å². The second-order valence-corrected chi connectivity index (χ2v) is 5.14. The molecule has 3 aromatic carbocycles. The van der Waals surface area contributed by atoms with Crippen molar-refractivity contribution in [3.05, 3.63) is 96.1 Å². The first kappa shape index (κ1) is 14.2. The summed E-state index contributed by atoms with van der Waals surface area (Å²) in [7, 11) is 0. The van der Waals surface area contributed by atoms with Crippen molar-refractivity contribution in [1.82, 2.24) is 0 Å². The number of hydrogen-bond acceptors (Lipinski definition) is 2. The summed E-state index contributed by atoms with van der Waals surface area (Å²) in [6.45, 7) is 1.41. The SMILES string of the molecule is c1ccc(COc2ccc(CNc3ccccc3)cc2)cc1. The van der Waals surface area contributed by atoms with Gasteiger partial charge in [0.25, 0.3) is 0 Å². The number of rotatable bonds is 6. The van der Waals surface area contributed by atoms with Crippen LogP contribution >= 0.6 is 0 Å². The van der Waals surface area contributed by atoms with Gasteiger partial charge < -0.3 is 10.1 Å². The minimum Gasteiger partial charge on any atom is -0.489 e. The van der Waals surface area contributed by atoms with E-state index >= 15 is 0 Å². The minimum atomic E-state index is 0.600. The molecule has 110 valence electrons. The van der Waals surface area contributed by atoms with Crippen LogP contribution < -0.4 is 10.1 Å². The van der Waals surface area contributed by atoms with Gasteiger partial charge in [0.1, 0.15) is 12.4 Å². The molecular weight excluding hydrogens is 270 g/mol. The molecule has 0 saturated carbocycles. The Morgan fingerprint density at radius 3 is 1.95 bits per heavy atom. The summed E-state index contributed by atoms with van der Waals surface area (Å²) < 4.78 is 5.79. The van der Waals surface area contributed by atoms with Gasteiger partial charge in [0.05, 0.1) is 0 Å². The predicted octanol–water partition coefficient (Wildman–Crippen LogP) is 4.88. The zero-order valence-corrected chi connectivity index (χ0v) is 12.4. The third-order valence-electron chi connectivity index (χ3n) is 3.44. The fraction of sp³-hybridized carbons (Fsp3) is 0.100. The molecular formula is C20H19NO. The van der Waals surface area contributed by atoms with Crippen molar-refractivity contribution in [2.75, 3.05) is 5.32 Å². The van der Waals surface area contributed by atoms with E-state index in [1.807, 2.05) is 48.5 Å². The highest BCUT2D eigenvalue weighted by atomic mass is 16.5. The third kappa shape index (κ3) is 4.13. The number of ether oxygens (including phenoxy) is 1. The molecule has 0 spiro atoms. The van der Waals surface area contributed by atoms with Crippen LogP contribution in [0.3, 0.4) is 0 Å². The number of anilines is 1. The molecule has 0 unspecified atom stereocenters. The second kappa shape index (κ2) is 7.32. The van der Waals surface area contributed by atoms with Crippen molar-refractivity contribution in [2.45, 2.75) is 13.2 Å². The van der Waals surface area contributed by atoms with Gasteiger partial charge in [-0.2, -0.15) is 0 Å². The number of nitrogens with one attached hydrogen (secondary N) is 1. The van der Waals surface area contributed by atoms with Crippen LogP contribution in [-0.4, -0.2) is 0 Å². The van der Waals surface area contributed by atoms with Crippen LogP contribution in [0.1, 0.15) is 11.1 Å². The molecule has 0 aliphatic carbocycles. The first-order valence-electron chi connectivity index (χ1n) is 7.45. The first-order chi connectivity index (χ1) is 10.9. The van der Waals surface area contributed by atoms with E-state index in [0.29, 0.717) is 6.61 Å². The molecule has 2 nitrogen and oxygen atoms in total. The van der Waals surface area contributed by atoms with Crippen molar-refractivity contribution in [2.24, 2.45) is 0 Å². The Hall–Kier alpha value is -2.74. The van der Waals surface area contributed by atoms with Crippen LogP contribution in [0.15, 0.2) is 84.9 Å². The lowest BCUT2D eigenvalue weighted by Crippen LogP contribution is -1.99. The summed E-state index contributed by atoms with van der Waals surface area (Å²) in [6, 6.07) is 28.6. The Bertz CT molecular complexity index is 615. The van der Waals surface area contributed by atoms with E-state index in [1.165, 1.54) is 11.1 Å². The van der Waals surface area contributed by atoms with E-state index in [1.54, 1.807) is 0 Å². The van der Waals surface area contributed by atoms with Crippen molar-refractivity contribution in [3.8, 4) is 5.75 Å². The number of hydrogen-bond donors (Lipinski definition) is 1. The van der Waals surface area contributed by atoms with Crippen LogP contribution in [0.25, 0.3) is 0 Å². The van der Waals surface area contributed by atoms with Crippen LogP contribution in [-0.2, 0) is 13.2 Å². The summed E-state index contributed by atoms with van der Waals surface area (Å²) in [6.07, 6.45) is 0. The maximum absolute atomic E-state index is 5.79. The van der Waals surface area contributed by atoms with Gasteiger partial charge in [-0.25, -0.2) is 0 Å². The molecule has 0 saturated heterocycles. The molecule has 0 amide bonds. The fourth-order valence-corrected chi connectivity index (χ4v) is 2.20. The minimum absolute atomic E-state index is 0.600. The van der Waals surface area contributed by atoms with Gasteiger partial charge in [-0.15, -0.1) is 0 Å². The van der Waals surface area contributed by atoms with Gasteiger partial charge in [0, 0.05) is 12.2 Å². The monoisotopic (exact) mass is 289 g/mol. The van der Waals surface area contributed by atoms with Crippen molar-refractivity contribution < 1.29 is 4.74 Å². The molecule has 0 radical (unpaired) electrons. The fourth-order valence-electron chi connectivity index (χ4n) is 2.20. The van der Waals surface area contributed by atoms with Crippen molar-refractivity contribution >= 4 is 5.69 Å². The summed E-state index contributed by atoms with van der Waals surface area (Å²) in [4.78, 5) is 0. The van der Waals surface area contributed by atoms with Crippen LogP contribution in [0, 0.1) is 0 Å². The molecule has 0 fully saturated rings. The topological polar surface area (TPSA) is 21.3 Å². The molecule has 0 atom stereocenters. The lowest BCUT2D eigenvalue weighted by Gasteiger charge is -2.09. The van der Waals surface area contributed by atoms with E-state index < -0.39 is 0 Å². The molecule has 3 aromatic rings. The third-order valence-corrected chi connectivity index (χ3v) is 3.44. The Labute approximate surface area is 131 Å². The van der Waals surface area contributed by atoms with Gasteiger partial charge in [-0.05, 0) is 35.4 Å².